The number of methoxy groups -OCH3 is 1. The van der Waals surface area contributed by atoms with Crippen LogP contribution in [0.2, 0.25) is 0 Å². The number of nitrogens with zero attached hydrogens (tertiary/aromatic N) is 2. The highest BCUT2D eigenvalue weighted by Crippen LogP contribution is 2.32. The summed E-state index contributed by atoms with van der Waals surface area (Å²) < 4.78 is 11.2. The molecule has 2 N–H and O–H groups in total. The summed E-state index contributed by atoms with van der Waals surface area (Å²) in [6.07, 6.45) is -0.104. The summed E-state index contributed by atoms with van der Waals surface area (Å²) in [5.41, 5.74) is 1.32. The van der Waals surface area contributed by atoms with Crippen molar-refractivity contribution in [1.82, 2.24) is 4.90 Å². The smallest absolute Gasteiger partial charge is 0.321 e. The lowest BCUT2D eigenvalue weighted by Gasteiger charge is -2.39. The van der Waals surface area contributed by atoms with Gasteiger partial charge in [-0.25, -0.2) is 4.79 Å². The summed E-state index contributed by atoms with van der Waals surface area (Å²) in [6, 6.07) is 5.22. The highest BCUT2D eigenvalue weighted by atomic mass is 16.5. The molecule has 0 spiro atoms. The fraction of sp³-hybridized carbons (Fsp3) is 0.556. The molecule has 8 heteroatoms. The zero-order chi connectivity index (χ0) is 19.3. The zero-order valence-electron chi connectivity index (χ0n) is 15.7. The quantitative estimate of drug-likeness (QED) is 0.803. The van der Waals surface area contributed by atoms with Crippen LogP contribution in [0, 0.1) is 0 Å². The van der Waals surface area contributed by atoms with Gasteiger partial charge in [0.25, 0.3) is 0 Å². The van der Waals surface area contributed by atoms with Crippen LogP contribution in [-0.4, -0.2) is 68.0 Å². The molecular weight excluding hydrogens is 338 g/mol. The third kappa shape index (κ3) is 5.26. The van der Waals surface area contributed by atoms with Crippen LogP contribution in [0.5, 0.6) is 5.75 Å². The number of urea groups is 1. The molecule has 144 valence electrons. The van der Waals surface area contributed by atoms with Crippen molar-refractivity contribution in [2.45, 2.75) is 25.9 Å². The summed E-state index contributed by atoms with van der Waals surface area (Å²) in [6.45, 7) is 6.44. The number of carboxylic acid groups (broad SMARTS) is 1. The van der Waals surface area contributed by atoms with Gasteiger partial charge in [0.2, 0.25) is 0 Å². The van der Waals surface area contributed by atoms with Gasteiger partial charge in [0.15, 0.2) is 0 Å². The molecule has 0 aliphatic carbocycles. The lowest BCUT2D eigenvalue weighted by Crippen LogP contribution is -2.48. The number of carboxylic acids is 1. The van der Waals surface area contributed by atoms with Crippen molar-refractivity contribution >= 4 is 23.4 Å². The van der Waals surface area contributed by atoms with E-state index < -0.39 is 5.97 Å². The average Bonchev–Trinajstić information content (AvgIpc) is 2.58. The van der Waals surface area contributed by atoms with Crippen LogP contribution in [0.3, 0.4) is 0 Å². The zero-order valence-corrected chi connectivity index (χ0v) is 15.7. The maximum Gasteiger partial charge on any atom is 0.321 e. The number of amides is 2. The van der Waals surface area contributed by atoms with Crippen LogP contribution in [0.25, 0.3) is 0 Å². The number of aliphatic carboxylic acids is 1. The molecule has 1 aliphatic rings. The van der Waals surface area contributed by atoms with Crippen LogP contribution in [0.1, 0.15) is 20.3 Å². The molecule has 1 heterocycles. The molecule has 1 aliphatic heterocycles. The van der Waals surface area contributed by atoms with Gasteiger partial charge in [-0.1, -0.05) is 0 Å². The third-order valence-electron chi connectivity index (χ3n) is 4.23. The maximum atomic E-state index is 12.2. The molecule has 1 aromatic carbocycles. The lowest BCUT2D eigenvalue weighted by molar-refractivity contribution is -0.137. The largest absolute Gasteiger partial charge is 0.494 e. The third-order valence-corrected chi connectivity index (χ3v) is 4.23. The molecular formula is C18H27N3O5. The van der Waals surface area contributed by atoms with E-state index in [9.17, 15) is 9.59 Å². The molecule has 0 unspecified atom stereocenters. The summed E-state index contributed by atoms with van der Waals surface area (Å²) >= 11 is 0. The maximum absolute atomic E-state index is 12.2. The number of carbonyl (C=O) groups excluding carboxylic acids is 1. The molecule has 0 atom stereocenters. The Kier molecular flexibility index (Phi) is 6.31. The highest BCUT2D eigenvalue weighted by molar-refractivity contribution is 5.91. The minimum absolute atomic E-state index is 0.104. The molecule has 0 bridgehead atoms. The van der Waals surface area contributed by atoms with Crippen molar-refractivity contribution < 1.29 is 24.2 Å². The number of carbonyl (C=O) groups is 2. The normalized spacial score (nSPS) is 16.1. The van der Waals surface area contributed by atoms with Crippen LogP contribution in [0.4, 0.5) is 16.2 Å². The Hall–Kier alpha value is -2.48. The summed E-state index contributed by atoms with van der Waals surface area (Å²) in [5, 5.41) is 11.5. The van der Waals surface area contributed by atoms with E-state index >= 15 is 0 Å². The second-order valence-electron chi connectivity index (χ2n) is 6.91. The summed E-state index contributed by atoms with van der Waals surface area (Å²) in [7, 11) is 3.10. The Morgan fingerprint density at radius 1 is 1.42 bits per heavy atom. The van der Waals surface area contributed by atoms with Crippen molar-refractivity contribution in [3.63, 3.8) is 0 Å². The van der Waals surface area contributed by atoms with E-state index in [4.69, 9.17) is 14.6 Å². The van der Waals surface area contributed by atoms with E-state index in [0.717, 1.165) is 18.8 Å². The lowest BCUT2D eigenvalue weighted by atomic mass is 10.1. The Morgan fingerprint density at radius 2 is 2.15 bits per heavy atom. The molecule has 26 heavy (non-hydrogen) atoms. The first kappa shape index (κ1) is 19.8. The van der Waals surface area contributed by atoms with E-state index in [-0.39, 0.29) is 24.6 Å². The van der Waals surface area contributed by atoms with Gasteiger partial charge < -0.3 is 29.7 Å². The number of morpholine rings is 1. The van der Waals surface area contributed by atoms with E-state index in [1.807, 2.05) is 12.1 Å². The number of ether oxygens (including phenoxy) is 2. The second-order valence-corrected chi connectivity index (χ2v) is 6.91. The SMILES string of the molecule is COc1cc(N2CCOC(C)(C)C2)ccc1NC(=O)N(C)CCC(=O)O. The molecule has 2 amide bonds. The first-order valence-electron chi connectivity index (χ1n) is 8.53. The molecule has 8 nitrogen and oxygen atoms in total. The number of anilines is 2. The van der Waals surface area contributed by atoms with Crippen molar-refractivity contribution in [3.05, 3.63) is 18.2 Å². The van der Waals surface area contributed by atoms with Crippen molar-refractivity contribution in [2.24, 2.45) is 0 Å². The predicted octanol–water partition coefficient (Wildman–Crippen LogP) is 2.25. The van der Waals surface area contributed by atoms with Gasteiger partial charge in [-0.2, -0.15) is 0 Å². The van der Waals surface area contributed by atoms with Crippen LogP contribution < -0.4 is 15.0 Å². The fourth-order valence-corrected chi connectivity index (χ4v) is 2.79. The molecule has 1 aromatic rings. The summed E-state index contributed by atoms with van der Waals surface area (Å²) in [5.74, 6) is -0.396. The molecule has 1 fully saturated rings. The Balaban J connectivity index is 2.08. The van der Waals surface area contributed by atoms with E-state index in [0.29, 0.717) is 18.0 Å². The Morgan fingerprint density at radius 3 is 2.77 bits per heavy atom. The second kappa shape index (κ2) is 8.27. The van der Waals surface area contributed by atoms with Crippen molar-refractivity contribution in [3.8, 4) is 5.75 Å². The monoisotopic (exact) mass is 365 g/mol. The van der Waals surface area contributed by atoms with Crippen molar-refractivity contribution in [2.75, 3.05) is 50.6 Å². The van der Waals surface area contributed by atoms with Gasteiger partial charge in [-0.15, -0.1) is 0 Å². The minimum Gasteiger partial charge on any atom is -0.494 e. The van der Waals surface area contributed by atoms with Crippen LogP contribution >= 0.6 is 0 Å². The van der Waals surface area contributed by atoms with Gasteiger partial charge >= 0.3 is 12.0 Å². The number of rotatable bonds is 6. The Labute approximate surface area is 153 Å². The van der Waals surface area contributed by atoms with Crippen molar-refractivity contribution in [1.29, 1.82) is 0 Å². The highest BCUT2D eigenvalue weighted by Gasteiger charge is 2.27. The standard InChI is InChI=1S/C18H27N3O5/c1-18(2)12-21(9-10-26-18)13-5-6-14(15(11-13)25-4)19-17(24)20(3)8-7-16(22)23/h5-6,11H,7-10,12H2,1-4H3,(H,19,24)(H,22,23). The average molecular weight is 365 g/mol. The molecule has 0 aromatic heterocycles. The van der Waals surface area contributed by atoms with E-state index in [1.54, 1.807) is 20.2 Å². The van der Waals surface area contributed by atoms with Crippen LogP contribution in [-0.2, 0) is 9.53 Å². The summed E-state index contributed by atoms with van der Waals surface area (Å²) in [4.78, 5) is 26.4. The number of nitrogens with one attached hydrogen (secondary N) is 1. The first-order chi connectivity index (χ1) is 12.2. The van der Waals surface area contributed by atoms with Gasteiger partial charge in [-0.05, 0) is 26.0 Å². The van der Waals surface area contributed by atoms with Gasteiger partial charge in [-0.3, -0.25) is 4.79 Å². The molecule has 1 saturated heterocycles. The van der Waals surface area contributed by atoms with Crippen LogP contribution in [0.15, 0.2) is 18.2 Å². The molecule has 0 saturated carbocycles. The Bertz CT molecular complexity index is 662. The van der Waals surface area contributed by atoms with E-state index in [2.05, 4.69) is 24.1 Å². The van der Waals surface area contributed by atoms with Gasteiger partial charge in [0.05, 0.1) is 31.4 Å². The number of benzene rings is 1. The predicted molar refractivity (Wildman–Crippen MR) is 99.1 cm³/mol. The van der Waals surface area contributed by atoms with E-state index in [1.165, 1.54) is 4.90 Å². The first-order valence-corrected chi connectivity index (χ1v) is 8.53. The molecule has 0 radical (unpaired) electrons. The molecule has 2 rings (SSSR count). The van der Waals surface area contributed by atoms with Gasteiger partial charge in [0.1, 0.15) is 5.75 Å². The number of hydrogen-bond acceptors (Lipinski definition) is 5. The van der Waals surface area contributed by atoms with Gasteiger partial charge in [0, 0.05) is 38.4 Å². The minimum atomic E-state index is -0.944. The topological polar surface area (TPSA) is 91.3 Å². The fourth-order valence-electron chi connectivity index (χ4n) is 2.79. The number of hydrogen-bond donors (Lipinski definition) is 2.